The molecule has 0 spiro atoms. The fourth-order valence-corrected chi connectivity index (χ4v) is 1.38. The van der Waals surface area contributed by atoms with E-state index < -0.39 is 5.97 Å². The highest BCUT2D eigenvalue weighted by atomic mass is 16.5. The minimum absolute atomic E-state index is 0.251. The number of nitrogens with two attached hydrogens (primary N) is 1. The van der Waals surface area contributed by atoms with E-state index in [0.29, 0.717) is 25.6 Å². The first-order valence-corrected chi connectivity index (χ1v) is 6.21. The number of carboxylic acid groups (broad SMARTS) is 1. The summed E-state index contributed by atoms with van der Waals surface area (Å²) in [7, 11) is 0. The Kier molecular flexibility index (Phi) is 5.79. The number of hydrogen-bond acceptors (Lipinski definition) is 4. The maximum Gasteiger partial charge on any atom is 0.335 e. The second kappa shape index (κ2) is 7.11. The Morgan fingerprint density at radius 3 is 2.42 bits per heavy atom. The van der Waals surface area contributed by atoms with Gasteiger partial charge >= 0.3 is 5.97 Å². The van der Waals surface area contributed by atoms with E-state index in [1.165, 1.54) is 12.1 Å². The van der Waals surface area contributed by atoms with Gasteiger partial charge < -0.3 is 20.3 Å². The van der Waals surface area contributed by atoms with Crippen LogP contribution in [-0.2, 0) is 4.74 Å². The molecule has 0 aliphatic heterocycles. The Bertz CT molecular complexity index is 395. The maximum atomic E-state index is 10.7. The van der Waals surface area contributed by atoms with Gasteiger partial charge in [0.25, 0.3) is 0 Å². The Hall–Kier alpha value is -1.59. The molecule has 5 heteroatoms. The molecule has 19 heavy (non-hydrogen) atoms. The van der Waals surface area contributed by atoms with Gasteiger partial charge in [0.2, 0.25) is 0 Å². The zero-order chi connectivity index (χ0) is 14.3. The monoisotopic (exact) mass is 267 g/mol. The molecular formula is C14H21NO4. The Labute approximate surface area is 113 Å². The molecule has 1 rings (SSSR count). The highest BCUT2D eigenvalue weighted by molar-refractivity contribution is 5.87. The first-order valence-electron chi connectivity index (χ1n) is 6.21. The van der Waals surface area contributed by atoms with E-state index in [4.69, 9.17) is 20.3 Å². The van der Waals surface area contributed by atoms with Crippen LogP contribution in [0, 0.1) is 0 Å². The molecule has 0 saturated carbocycles. The van der Waals surface area contributed by atoms with E-state index in [-0.39, 0.29) is 11.1 Å². The lowest BCUT2D eigenvalue weighted by atomic mass is 10.1. The number of benzene rings is 1. The normalized spacial score (nSPS) is 11.3. The lowest BCUT2D eigenvalue weighted by Crippen LogP contribution is -2.37. The number of aromatic carboxylic acids is 1. The van der Waals surface area contributed by atoms with Gasteiger partial charge in [0, 0.05) is 18.6 Å². The molecule has 0 fully saturated rings. The van der Waals surface area contributed by atoms with E-state index in [0.717, 1.165) is 6.42 Å². The molecular weight excluding hydrogens is 246 g/mol. The van der Waals surface area contributed by atoms with Crippen molar-refractivity contribution in [2.45, 2.75) is 25.8 Å². The van der Waals surface area contributed by atoms with Crippen LogP contribution in [0.25, 0.3) is 0 Å². The molecule has 0 heterocycles. The zero-order valence-corrected chi connectivity index (χ0v) is 11.4. The SMILES string of the molecule is CC(C)(N)COCCCOc1ccc(C(=O)O)cc1. The minimum Gasteiger partial charge on any atom is -0.494 e. The molecule has 0 aromatic heterocycles. The van der Waals surface area contributed by atoms with Crippen molar-refractivity contribution in [3.05, 3.63) is 29.8 Å². The largest absolute Gasteiger partial charge is 0.494 e. The van der Waals surface area contributed by atoms with Gasteiger partial charge in [0.05, 0.1) is 18.8 Å². The van der Waals surface area contributed by atoms with E-state index >= 15 is 0 Å². The van der Waals surface area contributed by atoms with Crippen LogP contribution >= 0.6 is 0 Å². The molecule has 1 aromatic carbocycles. The number of ether oxygens (including phenoxy) is 2. The van der Waals surface area contributed by atoms with Crippen LogP contribution in [-0.4, -0.2) is 36.4 Å². The zero-order valence-electron chi connectivity index (χ0n) is 11.4. The van der Waals surface area contributed by atoms with Crippen molar-refractivity contribution in [1.82, 2.24) is 0 Å². The first kappa shape index (κ1) is 15.5. The van der Waals surface area contributed by atoms with Crippen LogP contribution in [0.1, 0.15) is 30.6 Å². The Morgan fingerprint density at radius 2 is 1.89 bits per heavy atom. The molecule has 0 amide bonds. The van der Waals surface area contributed by atoms with Gasteiger partial charge in [-0.25, -0.2) is 4.79 Å². The highest BCUT2D eigenvalue weighted by Crippen LogP contribution is 2.12. The molecule has 0 radical (unpaired) electrons. The Balaban J connectivity index is 2.17. The van der Waals surface area contributed by atoms with Gasteiger partial charge in [-0.15, -0.1) is 0 Å². The third kappa shape index (κ3) is 6.79. The molecule has 5 nitrogen and oxygen atoms in total. The van der Waals surface area contributed by atoms with Gasteiger partial charge in [-0.05, 0) is 38.1 Å². The summed E-state index contributed by atoms with van der Waals surface area (Å²) in [6.45, 7) is 5.45. The molecule has 3 N–H and O–H groups in total. The summed E-state index contributed by atoms with van der Waals surface area (Å²) in [5, 5.41) is 8.75. The van der Waals surface area contributed by atoms with Gasteiger partial charge in [0.15, 0.2) is 0 Å². The molecule has 0 bridgehead atoms. The van der Waals surface area contributed by atoms with Gasteiger partial charge in [-0.2, -0.15) is 0 Å². The average Bonchev–Trinajstić information content (AvgIpc) is 2.33. The summed E-state index contributed by atoms with van der Waals surface area (Å²) in [5.41, 5.74) is 5.71. The van der Waals surface area contributed by atoms with Crippen molar-refractivity contribution in [3.8, 4) is 5.75 Å². The number of carboxylic acids is 1. The van der Waals surface area contributed by atoms with Gasteiger partial charge in [-0.3, -0.25) is 0 Å². The van der Waals surface area contributed by atoms with Crippen LogP contribution in [0.5, 0.6) is 5.75 Å². The topological polar surface area (TPSA) is 81.8 Å². The fraction of sp³-hybridized carbons (Fsp3) is 0.500. The van der Waals surface area contributed by atoms with Crippen molar-refractivity contribution in [1.29, 1.82) is 0 Å². The molecule has 0 aliphatic carbocycles. The summed E-state index contributed by atoms with van der Waals surface area (Å²) in [6, 6.07) is 6.33. The second-order valence-electron chi connectivity index (χ2n) is 5.07. The third-order valence-electron chi connectivity index (χ3n) is 2.28. The summed E-state index contributed by atoms with van der Waals surface area (Å²) in [6.07, 6.45) is 0.761. The quantitative estimate of drug-likeness (QED) is 0.703. The summed E-state index contributed by atoms with van der Waals surface area (Å²) < 4.78 is 10.9. The van der Waals surface area contributed by atoms with Crippen LogP contribution in [0.3, 0.4) is 0 Å². The van der Waals surface area contributed by atoms with Crippen LogP contribution < -0.4 is 10.5 Å². The minimum atomic E-state index is -0.940. The predicted octanol–water partition coefficient (Wildman–Crippen LogP) is 1.91. The van der Waals surface area contributed by atoms with E-state index in [2.05, 4.69) is 0 Å². The number of carbonyl (C=O) groups is 1. The number of rotatable bonds is 8. The summed E-state index contributed by atoms with van der Waals surface area (Å²) in [4.78, 5) is 10.7. The standard InChI is InChI=1S/C14H21NO4/c1-14(2,15)10-18-8-3-9-19-12-6-4-11(5-7-12)13(16)17/h4-7H,3,8-10,15H2,1-2H3,(H,16,17). The smallest absolute Gasteiger partial charge is 0.335 e. The average molecular weight is 267 g/mol. The summed E-state index contributed by atoms with van der Waals surface area (Å²) in [5.74, 6) is -0.284. The van der Waals surface area contributed by atoms with Crippen LogP contribution in [0.15, 0.2) is 24.3 Å². The highest BCUT2D eigenvalue weighted by Gasteiger charge is 2.09. The fourth-order valence-electron chi connectivity index (χ4n) is 1.38. The van der Waals surface area contributed by atoms with E-state index in [1.54, 1.807) is 12.1 Å². The molecule has 106 valence electrons. The van der Waals surface area contributed by atoms with Crippen molar-refractivity contribution in [3.63, 3.8) is 0 Å². The van der Waals surface area contributed by atoms with Crippen LogP contribution in [0.4, 0.5) is 0 Å². The van der Waals surface area contributed by atoms with Crippen LogP contribution in [0.2, 0.25) is 0 Å². The van der Waals surface area contributed by atoms with E-state index in [9.17, 15) is 4.79 Å². The number of hydrogen-bond donors (Lipinski definition) is 2. The molecule has 0 unspecified atom stereocenters. The van der Waals surface area contributed by atoms with Gasteiger partial charge in [0.1, 0.15) is 5.75 Å². The van der Waals surface area contributed by atoms with E-state index in [1.807, 2.05) is 13.8 Å². The maximum absolute atomic E-state index is 10.7. The predicted molar refractivity (Wildman–Crippen MR) is 72.6 cm³/mol. The molecule has 0 aliphatic rings. The third-order valence-corrected chi connectivity index (χ3v) is 2.28. The summed E-state index contributed by atoms with van der Waals surface area (Å²) >= 11 is 0. The van der Waals surface area contributed by atoms with Gasteiger partial charge in [-0.1, -0.05) is 0 Å². The molecule has 0 atom stereocenters. The molecule has 0 saturated heterocycles. The molecule has 1 aromatic rings. The van der Waals surface area contributed by atoms with Crippen molar-refractivity contribution >= 4 is 5.97 Å². The van der Waals surface area contributed by atoms with Crippen molar-refractivity contribution in [2.24, 2.45) is 5.73 Å². The van der Waals surface area contributed by atoms with Crippen molar-refractivity contribution in [2.75, 3.05) is 19.8 Å². The van der Waals surface area contributed by atoms with Crippen molar-refractivity contribution < 1.29 is 19.4 Å². The Morgan fingerprint density at radius 1 is 1.26 bits per heavy atom. The first-order chi connectivity index (χ1) is 8.88. The lowest BCUT2D eigenvalue weighted by molar-refractivity contribution is 0.0697. The second-order valence-corrected chi connectivity index (χ2v) is 5.07. The lowest BCUT2D eigenvalue weighted by Gasteiger charge is -2.18.